The molecule has 2 rings (SSSR count). The Bertz CT molecular complexity index is 516. The number of carboxylic acids is 1. The van der Waals surface area contributed by atoms with Crippen molar-refractivity contribution in [2.45, 2.75) is 18.3 Å². The molecule has 0 aromatic heterocycles. The Labute approximate surface area is 119 Å². The van der Waals surface area contributed by atoms with Gasteiger partial charge in [-0.15, -0.1) is 11.8 Å². The average Bonchev–Trinajstić information content (AvgIpc) is 2.41. The molecule has 0 radical (unpaired) electrons. The van der Waals surface area contributed by atoms with Gasteiger partial charge in [-0.2, -0.15) is 0 Å². The molecule has 2 atom stereocenters. The van der Waals surface area contributed by atoms with Crippen molar-refractivity contribution in [1.29, 1.82) is 0 Å². The number of fused-ring (bicyclic) bond motifs is 1. The maximum atomic E-state index is 12.0. The van der Waals surface area contributed by atoms with Crippen LogP contribution in [0.4, 0.5) is 4.79 Å². The molecule has 2 aliphatic rings. The molecule has 1 saturated heterocycles. The molecule has 20 heavy (non-hydrogen) atoms. The molecule has 2 amide bonds. The number of hydrogen-bond donors (Lipinski definition) is 2. The van der Waals surface area contributed by atoms with E-state index in [0.717, 1.165) is 0 Å². The van der Waals surface area contributed by atoms with Gasteiger partial charge in [0.15, 0.2) is 0 Å². The smallest absolute Gasteiger partial charge is 0.408 e. The van der Waals surface area contributed by atoms with E-state index in [4.69, 9.17) is 9.84 Å². The number of nitrogens with one attached hydrogen (secondary N) is 1. The van der Waals surface area contributed by atoms with Crippen molar-refractivity contribution >= 4 is 29.7 Å². The average molecular weight is 298 g/mol. The third-order valence-corrected chi connectivity index (χ3v) is 4.39. The van der Waals surface area contributed by atoms with Crippen molar-refractivity contribution in [3.8, 4) is 0 Å². The first-order chi connectivity index (χ1) is 9.47. The Morgan fingerprint density at radius 3 is 2.95 bits per heavy atom. The monoisotopic (exact) mass is 298 g/mol. The number of amides is 2. The minimum Gasteiger partial charge on any atom is -0.477 e. The van der Waals surface area contributed by atoms with E-state index in [0.29, 0.717) is 11.3 Å². The van der Waals surface area contributed by atoms with Crippen LogP contribution >= 0.6 is 11.8 Å². The van der Waals surface area contributed by atoms with E-state index in [-0.39, 0.29) is 12.3 Å². The molecule has 0 aromatic carbocycles. The first kappa shape index (κ1) is 14.4. The molecule has 7 nitrogen and oxygen atoms in total. The lowest BCUT2D eigenvalue weighted by Gasteiger charge is -2.49. The number of aliphatic carboxylic acids is 1. The summed E-state index contributed by atoms with van der Waals surface area (Å²) in [5.74, 6) is -1.06. The molecule has 1 fully saturated rings. The van der Waals surface area contributed by atoms with Gasteiger partial charge in [0.25, 0.3) is 5.91 Å². The lowest BCUT2D eigenvalue weighted by Crippen LogP contribution is -2.70. The normalized spacial score (nSPS) is 24.6. The molecule has 8 heteroatoms. The Morgan fingerprint density at radius 1 is 1.65 bits per heavy atom. The maximum absolute atomic E-state index is 12.0. The molecule has 0 spiro atoms. The lowest BCUT2D eigenvalue weighted by atomic mass is 10.0. The quantitative estimate of drug-likeness (QED) is 0.581. The van der Waals surface area contributed by atoms with Crippen molar-refractivity contribution < 1.29 is 24.2 Å². The summed E-state index contributed by atoms with van der Waals surface area (Å²) in [5, 5.41) is 11.2. The van der Waals surface area contributed by atoms with Crippen LogP contribution in [0.5, 0.6) is 0 Å². The summed E-state index contributed by atoms with van der Waals surface area (Å²) >= 11 is 1.41. The Morgan fingerprint density at radius 2 is 2.35 bits per heavy atom. The molecule has 2 N–H and O–H groups in total. The van der Waals surface area contributed by atoms with E-state index >= 15 is 0 Å². The van der Waals surface area contributed by atoms with Crippen LogP contribution in [0.2, 0.25) is 0 Å². The highest BCUT2D eigenvalue weighted by Crippen LogP contribution is 2.40. The minimum atomic E-state index is -1.13. The Hall–Kier alpha value is -1.96. The maximum Gasteiger partial charge on any atom is 0.408 e. The molecule has 108 valence electrons. The fourth-order valence-electron chi connectivity index (χ4n) is 2.08. The zero-order chi connectivity index (χ0) is 14.9. The van der Waals surface area contributed by atoms with Crippen LogP contribution in [0.25, 0.3) is 0 Å². The van der Waals surface area contributed by atoms with Crippen LogP contribution in [0, 0.1) is 0 Å². The van der Waals surface area contributed by atoms with Gasteiger partial charge < -0.3 is 15.2 Å². The molecule has 0 aromatic rings. The van der Waals surface area contributed by atoms with Gasteiger partial charge in [0.1, 0.15) is 23.7 Å². The molecule has 2 aliphatic heterocycles. The zero-order valence-electron chi connectivity index (χ0n) is 10.8. The van der Waals surface area contributed by atoms with E-state index in [1.165, 1.54) is 22.7 Å². The van der Waals surface area contributed by atoms with E-state index in [1.54, 1.807) is 6.92 Å². The second-order valence-corrected chi connectivity index (χ2v) is 5.46. The molecule has 2 heterocycles. The summed E-state index contributed by atoms with van der Waals surface area (Å²) < 4.78 is 4.74. The number of rotatable bonds is 4. The summed E-state index contributed by atoms with van der Waals surface area (Å²) in [5.41, 5.74) is 0.649. The van der Waals surface area contributed by atoms with Gasteiger partial charge in [0.05, 0.1) is 0 Å². The highest BCUT2D eigenvalue weighted by Gasteiger charge is 2.53. The largest absolute Gasteiger partial charge is 0.477 e. The molecular weight excluding hydrogens is 284 g/mol. The third-order valence-electron chi connectivity index (χ3n) is 2.97. The predicted octanol–water partition coefficient (Wildman–Crippen LogP) is 0.541. The van der Waals surface area contributed by atoms with Crippen LogP contribution < -0.4 is 5.32 Å². The van der Waals surface area contributed by atoms with Crippen molar-refractivity contribution in [2.24, 2.45) is 0 Å². The van der Waals surface area contributed by atoms with E-state index < -0.39 is 29.4 Å². The Kier molecular flexibility index (Phi) is 4.03. The fraction of sp³-hybridized carbons (Fsp3) is 0.417. The van der Waals surface area contributed by atoms with Gasteiger partial charge in [-0.3, -0.25) is 9.69 Å². The van der Waals surface area contributed by atoms with Crippen LogP contribution in [-0.2, 0) is 14.3 Å². The van der Waals surface area contributed by atoms with Gasteiger partial charge in [-0.25, -0.2) is 9.59 Å². The number of carbonyl (C=O) groups excluding carboxylic acids is 2. The van der Waals surface area contributed by atoms with Crippen LogP contribution in [0.3, 0.4) is 0 Å². The van der Waals surface area contributed by atoms with Gasteiger partial charge in [-0.1, -0.05) is 12.7 Å². The second-order valence-electron chi connectivity index (χ2n) is 4.35. The predicted molar refractivity (Wildman–Crippen MR) is 71.9 cm³/mol. The van der Waals surface area contributed by atoms with Gasteiger partial charge in [-0.05, 0) is 12.5 Å². The SMILES string of the molecule is C=CCOC(=O)N[C@@H]1C(=O)N2C(C(=O)O)=C(C)CS[C@@H]12. The number of nitrogens with zero attached hydrogens (tertiary/aromatic N) is 1. The molecule has 0 aliphatic carbocycles. The van der Waals surface area contributed by atoms with Crippen molar-refractivity contribution in [3.63, 3.8) is 0 Å². The van der Waals surface area contributed by atoms with Crippen molar-refractivity contribution in [3.05, 3.63) is 23.9 Å². The number of β-lactam (4-membered cyclic amide) rings is 1. The topological polar surface area (TPSA) is 95.9 Å². The lowest BCUT2D eigenvalue weighted by molar-refractivity contribution is -0.149. The number of thioether (sulfide) groups is 1. The minimum absolute atomic E-state index is 0.0104. The van der Waals surface area contributed by atoms with Crippen molar-refractivity contribution in [1.82, 2.24) is 10.2 Å². The highest BCUT2D eigenvalue weighted by atomic mass is 32.2. The van der Waals surface area contributed by atoms with E-state index in [9.17, 15) is 14.4 Å². The number of alkyl carbamates (subject to hydrolysis) is 1. The summed E-state index contributed by atoms with van der Waals surface area (Å²) in [6.07, 6.45) is 0.699. The molecule has 0 unspecified atom stereocenters. The summed E-state index contributed by atoms with van der Waals surface area (Å²) in [4.78, 5) is 35.8. The van der Waals surface area contributed by atoms with Gasteiger partial charge in [0.2, 0.25) is 0 Å². The molecule has 0 bridgehead atoms. The fourth-order valence-corrected chi connectivity index (χ4v) is 3.37. The van der Waals surface area contributed by atoms with Gasteiger partial charge in [0, 0.05) is 5.75 Å². The summed E-state index contributed by atoms with van der Waals surface area (Å²) in [6.45, 7) is 5.14. The third kappa shape index (κ3) is 2.38. The van der Waals surface area contributed by atoms with E-state index in [1.807, 2.05) is 0 Å². The number of carbonyl (C=O) groups is 3. The number of hydrogen-bond acceptors (Lipinski definition) is 5. The second kappa shape index (κ2) is 5.58. The number of ether oxygens (including phenoxy) is 1. The zero-order valence-corrected chi connectivity index (χ0v) is 11.6. The summed E-state index contributed by atoms with van der Waals surface area (Å²) in [7, 11) is 0. The van der Waals surface area contributed by atoms with Crippen molar-refractivity contribution in [2.75, 3.05) is 12.4 Å². The van der Waals surface area contributed by atoms with Crippen LogP contribution in [-0.4, -0.2) is 51.8 Å². The van der Waals surface area contributed by atoms with Gasteiger partial charge >= 0.3 is 12.1 Å². The highest BCUT2D eigenvalue weighted by molar-refractivity contribution is 8.00. The van der Waals surface area contributed by atoms with Crippen LogP contribution in [0.15, 0.2) is 23.9 Å². The number of carboxylic acid groups (broad SMARTS) is 1. The van der Waals surface area contributed by atoms with Crippen LogP contribution in [0.1, 0.15) is 6.92 Å². The standard InChI is InChI=1S/C12H14N2O5S/c1-3-4-19-12(18)13-7-9(15)14-8(11(16)17)6(2)5-20-10(7)14/h3,7,10H,1,4-5H2,2H3,(H,13,18)(H,16,17)/t7-,10+/m1/s1. The van der Waals surface area contributed by atoms with E-state index in [2.05, 4.69) is 11.9 Å². The Balaban J connectivity index is 2.06. The first-order valence-corrected chi connectivity index (χ1v) is 6.94. The first-order valence-electron chi connectivity index (χ1n) is 5.89. The molecular formula is C12H14N2O5S. The summed E-state index contributed by atoms with van der Waals surface area (Å²) in [6, 6.07) is -0.750. The molecule has 0 saturated carbocycles.